The van der Waals surface area contributed by atoms with Crippen molar-refractivity contribution in [3.63, 3.8) is 0 Å². The van der Waals surface area contributed by atoms with Gasteiger partial charge in [-0.05, 0) is 24.7 Å². The van der Waals surface area contributed by atoms with Crippen molar-refractivity contribution >= 4 is 35.4 Å². The predicted octanol–water partition coefficient (Wildman–Crippen LogP) is -0.803. The summed E-state index contributed by atoms with van der Waals surface area (Å²) in [5.41, 5.74) is -3.55. The van der Waals surface area contributed by atoms with Crippen molar-refractivity contribution in [2.24, 2.45) is 11.8 Å². The molecule has 43 heavy (non-hydrogen) atoms. The summed E-state index contributed by atoms with van der Waals surface area (Å²) in [4.78, 5) is 99.8. The quantitative estimate of drug-likeness (QED) is 0.228. The Hall–Kier alpha value is -4.51. The maximum absolute atomic E-state index is 13.5. The average Bonchev–Trinajstić information content (AvgIpc) is 3.38. The third-order valence-electron chi connectivity index (χ3n) is 6.71. The second-order valence-corrected chi connectivity index (χ2v) is 10.6. The summed E-state index contributed by atoms with van der Waals surface area (Å²) in [5.74, 6) is -9.90. The Bertz CT molecular complexity index is 1420. The van der Waals surface area contributed by atoms with Crippen LogP contribution in [0.5, 0.6) is 0 Å². The largest absolute Gasteiger partial charge is 0.480 e. The second-order valence-electron chi connectivity index (χ2n) is 10.6. The van der Waals surface area contributed by atoms with E-state index in [2.05, 4.69) is 10.6 Å². The zero-order valence-electron chi connectivity index (χ0n) is 23.6. The number of aromatic nitrogens is 2. The molecule has 15 nitrogen and oxygen atoms in total. The Morgan fingerprint density at radius 2 is 1.51 bits per heavy atom. The molecule has 0 aromatic carbocycles. The van der Waals surface area contributed by atoms with Crippen molar-refractivity contribution in [2.75, 3.05) is 6.54 Å². The van der Waals surface area contributed by atoms with Gasteiger partial charge in [0.2, 0.25) is 17.7 Å². The molecule has 18 heteroatoms. The third kappa shape index (κ3) is 8.29. The number of hydrogen-bond donors (Lipinski definition) is 4. The van der Waals surface area contributed by atoms with Crippen LogP contribution in [0.25, 0.3) is 0 Å². The van der Waals surface area contributed by atoms with E-state index in [-0.39, 0.29) is 28.5 Å². The zero-order valence-corrected chi connectivity index (χ0v) is 23.6. The number of carboxylic acid groups (broad SMARTS) is 2. The lowest BCUT2D eigenvalue weighted by Gasteiger charge is -2.32. The number of rotatable bonds is 12. The Morgan fingerprint density at radius 3 is 2.00 bits per heavy atom. The van der Waals surface area contributed by atoms with Gasteiger partial charge in [0, 0.05) is 12.6 Å². The lowest BCUT2D eigenvalue weighted by molar-refractivity contribution is -0.175. The van der Waals surface area contributed by atoms with Gasteiger partial charge in [0.05, 0.1) is 6.04 Å². The van der Waals surface area contributed by atoms with Gasteiger partial charge in [-0.2, -0.15) is 13.2 Å². The van der Waals surface area contributed by atoms with Gasteiger partial charge in [-0.25, -0.2) is 9.59 Å². The molecule has 238 valence electrons. The minimum atomic E-state index is -5.20. The molecule has 3 amide bonds. The molecule has 0 saturated carbocycles. The van der Waals surface area contributed by atoms with Crippen LogP contribution < -0.4 is 21.9 Å². The fourth-order valence-electron chi connectivity index (χ4n) is 4.55. The summed E-state index contributed by atoms with van der Waals surface area (Å²) in [7, 11) is 0. The van der Waals surface area contributed by atoms with Crippen LogP contribution in [0.15, 0.2) is 15.7 Å². The number of alkyl halides is 3. The fourth-order valence-corrected chi connectivity index (χ4v) is 4.55. The molecule has 0 radical (unpaired) electrons. The number of halogens is 3. The lowest BCUT2D eigenvalue weighted by atomic mass is 9.98. The van der Waals surface area contributed by atoms with E-state index in [4.69, 9.17) is 5.11 Å². The minimum Gasteiger partial charge on any atom is -0.480 e. The Morgan fingerprint density at radius 1 is 0.930 bits per heavy atom. The van der Waals surface area contributed by atoms with E-state index in [0.29, 0.717) is 6.07 Å². The molecule has 1 saturated heterocycles. The molecule has 1 aliphatic heterocycles. The van der Waals surface area contributed by atoms with E-state index < -0.39 is 102 Å². The van der Waals surface area contributed by atoms with Gasteiger partial charge in [-0.3, -0.25) is 37.9 Å². The van der Waals surface area contributed by atoms with E-state index in [1.165, 1.54) is 27.7 Å². The molecule has 2 rings (SSSR count). The highest BCUT2D eigenvalue weighted by Gasteiger charge is 2.46. The van der Waals surface area contributed by atoms with E-state index in [1.54, 1.807) is 0 Å². The molecule has 1 aliphatic rings. The first-order valence-corrected chi connectivity index (χ1v) is 13.1. The summed E-state index contributed by atoms with van der Waals surface area (Å²) in [5, 5.41) is 22.7. The third-order valence-corrected chi connectivity index (χ3v) is 6.71. The standard InChI is InChI=1S/C25H32F3N5O10/c1-11(2)18(20(38)25(26,27)28)30-21(39)13-6-5-7-31(13)22(40)19(12(3)4)29-15(34)9-33-16(35)8-14(23(41)42)32(24(33)43)10-17(36)37/h8,11-13,18-19H,5-7,9-10H2,1-4H3,(H,29,34)(H,30,39)(H,36,37)(H,41,42)/t13-,18-,19-/m0/s1. The van der Waals surface area contributed by atoms with Crippen LogP contribution in [0.2, 0.25) is 0 Å². The van der Waals surface area contributed by atoms with Gasteiger partial charge in [0.25, 0.3) is 11.3 Å². The van der Waals surface area contributed by atoms with Crippen molar-refractivity contribution in [1.29, 1.82) is 0 Å². The first kappa shape index (κ1) is 34.7. The number of carboxylic acids is 2. The molecule has 0 aliphatic carbocycles. The highest BCUT2D eigenvalue weighted by atomic mass is 19.4. The average molecular weight is 620 g/mol. The first-order valence-electron chi connectivity index (χ1n) is 13.1. The van der Waals surface area contributed by atoms with E-state index in [9.17, 15) is 56.6 Å². The molecule has 0 spiro atoms. The number of hydrogen-bond acceptors (Lipinski definition) is 8. The number of aliphatic carboxylic acids is 1. The SMILES string of the molecule is CC(C)[C@H](NC(=O)Cn1c(=O)cc(C(=O)O)n(CC(=O)O)c1=O)C(=O)N1CCC[C@H]1C(=O)N[C@H](C(=O)C(F)(F)F)C(C)C. The van der Waals surface area contributed by atoms with Gasteiger partial charge < -0.3 is 25.7 Å². The summed E-state index contributed by atoms with van der Waals surface area (Å²) >= 11 is 0. The number of carbonyl (C=O) groups excluding carboxylic acids is 4. The van der Waals surface area contributed by atoms with Gasteiger partial charge in [0.1, 0.15) is 30.9 Å². The summed E-state index contributed by atoms with van der Waals surface area (Å²) in [6, 6.07) is -4.01. The first-order chi connectivity index (χ1) is 19.8. The molecule has 1 fully saturated rings. The topological polar surface area (TPSA) is 214 Å². The molecule has 1 aromatic heterocycles. The molecule has 0 bridgehead atoms. The second kappa shape index (κ2) is 13.6. The summed E-state index contributed by atoms with van der Waals surface area (Å²) < 4.78 is 39.7. The Kier molecular flexibility index (Phi) is 11.0. The number of nitrogens with zero attached hydrogens (tertiary/aromatic N) is 3. The molecular formula is C25H32F3N5O10. The highest BCUT2D eigenvalue weighted by molar-refractivity contribution is 5.96. The van der Waals surface area contributed by atoms with Crippen LogP contribution in [0, 0.1) is 11.8 Å². The van der Waals surface area contributed by atoms with E-state index in [1.807, 2.05) is 0 Å². The van der Waals surface area contributed by atoms with Crippen LogP contribution in [-0.2, 0) is 37.1 Å². The molecule has 1 aromatic rings. The zero-order chi connectivity index (χ0) is 33.0. The van der Waals surface area contributed by atoms with Crippen LogP contribution in [0.1, 0.15) is 51.0 Å². The van der Waals surface area contributed by atoms with Gasteiger partial charge in [-0.1, -0.05) is 27.7 Å². The lowest BCUT2D eigenvalue weighted by Crippen LogP contribution is -2.58. The predicted molar refractivity (Wildman–Crippen MR) is 139 cm³/mol. The smallest absolute Gasteiger partial charge is 0.452 e. The van der Waals surface area contributed by atoms with Crippen molar-refractivity contribution in [2.45, 2.75) is 77.9 Å². The number of ketones is 1. The summed E-state index contributed by atoms with van der Waals surface area (Å²) in [6.45, 7) is 3.54. The number of amides is 3. The van der Waals surface area contributed by atoms with E-state index in [0.717, 1.165) is 4.90 Å². The van der Waals surface area contributed by atoms with Crippen molar-refractivity contribution in [3.8, 4) is 0 Å². The molecule has 0 unspecified atom stereocenters. The molecular weight excluding hydrogens is 587 g/mol. The van der Waals surface area contributed by atoms with Crippen LogP contribution >= 0.6 is 0 Å². The Balaban J connectivity index is 2.29. The maximum atomic E-state index is 13.5. The summed E-state index contributed by atoms with van der Waals surface area (Å²) in [6.07, 6.45) is -4.85. The highest BCUT2D eigenvalue weighted by Crippen LogP contribution is 2.24. The van der Waals surface area contributed by atoms with Crippen molar-refractivity contribution in [3.05, 3.63) is 32.6 Å². The molecule has 4 N–H and O–H groups in total. The van der Waals surface area contributed by atoms with Gasteiger partial charge >= 0.3 is 23.8 Å². The number of likely N-dealkylation sites (tertiary alicyclic amines) is 1. The number of Topliss-reactive ketones (excluding diaryl/α,β-unsaturated/α-hetero) is 1. The fraction of sp³-hybridized carbons (Fsp3) is 0.600. The number of carbonyl (C=O) groups is 6. The van der Waals surface area contributed by atoms with E-state index >= 15 is 0 Å². The molecule has 3 atom stereocenters. The monoisotopic (exact) mass is 619 g/mol. The number of aromatic carboxylic acids is 1. The van der Waals surface area contributed by atoms with Crippen molar-refractivity contribution in [1.82, 2.24) is 24.7 Å². The number of nitrogens with one attached hydrogen (secondary N) is 2. The minimum absolute atomic E-state index is 0.00553. The van der Waals surface area contributed by atoms with Crippen LogP contribution in [-0.4, -0.2) is 90.5 Å². The van der Waals surface area contributed by atoms with Crippen LogP contribution in [0.4, 0.5) is 13.2 Å². The maximum Gasteiger partial charge on any atom is 0.452 e. The molecule has 2 heterocycles. The van der Waals surface area contributed by atoms with Gasteiger partial charge in [0.15, 0.2) is 0 Å². The van der Waals surface area contributed by atoms with Crippen molar-refractivity contribution < 1.29 is 52.2 Å². The van der Waals surface area contributed by atoms with Gasteiger partial charge in [-0.15, -0.1) is 0 Å². The Labute approximate surface area is 241 Å². The normalized spacial score (nSPS) is 16.6. The van der Waals surface area contributed by atoms with Crippen LogP contribution in [0.3, 0.4) is 0 Å².